The van der Waals surface area contributed by atoms with E-state index in [-0.39, 0.29) is 5.75 Å². The van der Waals surface area contributed by atoms with Gasteiger partial charge in [0.15, 0.2) is 0 Å². The van der Waals surface area contributed by atoms with E-state index in [0.717, 1.165) is 33.8 Å². The summed E-state index contributed by atoms with van der Waals surface area (Å²) in [5.41, 5.74) is 4.86. The summed E-state index contributed by atoms with van der Waals surface area (Å²) in [4.78, 5) is 7.66. The van der Waals surface area contributed by atoms with E-state index in [4.69, 9.17) is 23.2 Å². The standard InChI is InChI=1S/C23H16Cl2N2O/c24-18-7-10-20(21(25)13-18)22-14-26-23(27-22)11-4-15-2-1-3-17(12-15)16-5-8-19(28)9-6-16/h1-14,28H,(H,26,27). The number of hydrogen-bond donors (Lipinski definition) is 2. The van der Waals surface area contributed by atoms with Crippen LogP contribution in [0.4, 0.5) is 0 Å². The van der Waals surface area contributed by atoms with Crippen molar-refractivity contribution in [2.24, 2.45) is 0 Å². The van der Waals surface area contributed by atoms with E-state index in [9.17, 15) is 5.11 Å². The molecule has 0 aliphatic rings. The number of aromatic hydroxyl groups is 1. The van der Waals surface area contributed by atoms with Crippen LogP contribution >= 0.6 is 23.2 Å². The van der Waals surface area contributed by atoms with Gasteiger partial charge in [0.05, 0.1) is 16.9 Å². The first kappa shape index (κ1) is 18.4. The molecule has 0 unspecified atom stereocenters. The molecule has 3 aromatic carbocycles. The highest BCUT2D eigenvalue weighted by Gasteiger charge is 2.07. The van der Waals surface area contributed by atoms with Crippen molar-refractivity contribution >= 4 is 35.4 Å². The van der Waals surface area contributed by atoms with Crippen molar-refractivity contribution in [3.63, 3.8) is 0 Å². The monoisotopic (exact) mass is 406 g/mol. The number of imidazole rings is 1. The van der Waals surface area contributed by atoms with Gasteiger partial charge in [-0.1, -0.05) is 59.6 Å². The van der Waals surface area contributed by atoms with Gasteiger partial charge in [-0.25, -0.2) is 4.98 Å². The number of H-pyrrole nitrogens is 1. The van der Waals surface area contributed by atoms with Gasteiger partial charge in [0, 0.05) is 10.6 Å². The molecule has 0 fully saturated rings. The Bertz CT molecular complexity index is 1150. The maximum Gasteiger partial charge on any atom is 0.130 e. The number of rotatable bonds is 4. The largest absolute Gasteiger partial charge is 0.508 e. The Kier molecular flexibility index (Phi) is 5.20. The maximum atomic E-state index is 9.45. The van der Waals surface area contributed by atoms with Gasteiger partial charge in [-0.3, -0.25) is 0 Å². The summed E-state index contributed by atoms with van der Waals surface area (Å²) in [5, 5.41) is 10.6. The Morgan fingerprint density at radius 2 is 1.68 bits per heavy atom. The second-order valence-electron chi connectivity index (χ2n) is 6.31. The van der Waals surface area contributed by atoms with Crippen molar-refractivity contribution in [1.29, 1.82) is 0 Å². The second kappa shape index (κ2) is 7.93. The fourth-order valence-corrected chi connectivity index (χ4v) is 3.43. The van der Waals surface area contributed by atoms with Crippen LogP contribution in [-0.2, 0) is 0 Å². The summed E-state index contributed by atoms with van der Waals surface area (Å²) >= 11 is 12.2. The molecule has 0 bridgehead atoms. The van der Waals surface area contributed by atoms with E-state index in [1.807, 2.05) is 48.6 Å². The number of aromatic nitrogens is 2. The van der Waals surface area contributed by atoms with Crippen LogP contribution < -0.4 is 0 Å². The minimum atomic E-state index is 0.259. The van der Waals surface area contributed by atoms with Crippen molar-refractivity contribution in [2.75, 3.05) is 0 Å². The van der Waals surface area contributed by atoms with Crippen molar-refractivity contribution in [3.8, 4) is 28.1 Å². The number of aromatic amines is 1. The molecule has 4 aromatic rings. The highest BCUT2D eigenvalue weighted by atomic mass is 35.5. The first-order valence-corrected chi connectivity index (χ1v) is 9.42. The van der Waals surface area contributed by atoms with Crippen molar-refractivity contribution in [1.82, 2.24) is 9.97 Å². The summed E-state index contributed by atoms with van der Waals surface area (Å²) in [6.45, 7) is 0. The first-order chi connectivity index (χ1) is 13.6. The minimum Gasteiger partial charge on any atom is -0.508 e. The fourth-order valence-electron chi connectivity index (χ4n) is 2.92. The predicted molar refractivity (Wildman–Crippen MR) is 117 cm³/mol. The van der Waals surface area contributed by atoms with Crippen molar-refractivity contribution < 1.29 is 5.11 Å². The average molecular weight is 407 g/mol. The van der Waals surface area contributed by atoms with Crippen molar-refractivity contribution in [3.05, 3.63) is 94.4 Å². The number of nitrogens with one attached hydrogen (secondary N) is 1. The zero-order chi connectivity index (χ0) is 19.5. The van der Waals surface area contributed by atoms with Crippen molar-refractivity contribution in [2.45, 2.75) is 0 Å². The van der Waals surface area contributed by atoms with Gasteiger partial charge in [0.2, 0.25) is 0 Å². The lowest BCUT2D eigenvalue weighted by Gasteiger charge is -2.03. The van der Waals surface area contributed by atoms with E-state index in [1.54, 1.807) is 30.5 Å². The third kappa shape index (κ3) is 4.11. The molecular weight excluding hydrogens is 391 g/mol. The Morgan fingerprint density at radius 3 is 2.46 bits per heavy atom. The molecule has 0 atom stereocenters. The third-order valence-electron chi connectivity index (χ3n) is 4.34. The lowest BCUT2D eigenvalue weighted by Crippen LogP contribution is -1.81. The number of halogens is 2. The van der Waals surface area contributed by atoms with Gasteiger partial charge in [-0.05, 0) is 59.2 Å². The van der Waals surface area contributed by atoms with Crippen LogP contribution in [0.5, 0.6) is 5.75 Å². The molecule has 0 aliphatic carbocycles. The summed E-state index contributed by atoms with van der Waals surface area (Å²) in [6.07, 6.45) is 5.67. The molecule has 0 aliphatic heterocycles. The van der Waals surface area contributed by atoms with Crippen LogP contribution in [0.25, 0.3) is 34.5 Å². The molecule has 1 heterocycles. The van der Waals surface area contributed by atoms with Crippen LogP contribution in [0.1, 0.15) is 11.4 Å². The third-order valence-corrected chi connectivity index (χ3v) is 4.89. The number of phenols is 1. The smallest absolute Gasteiger partial charge is 0.130 e. The number of nitrogens with zero attached hydrogens (tertiary/aromatic N) is 1. The van der Waals surface area contributed by atoms with Crippen LogP contribution in [0.15, 0.2) is 72.9 Å². The van der Waals surface area contributed by atoms with Crippen LogP contribution in [0.3, 0.4) is 0 Å². The van der Waals surface area contributed by atoms with Crippen LogP contribution in [0.2, 0.25) is 10.0 Å². The predicted octanol–water partition coefficient (Wildman–Crippen LogP) is 6.93. The molecule has 138 valence electrons. The van der Waals surface area contributed by atoms with E-state index in [0.29, 0.717) is 10.0 Å². The lowest BCUT2D eigenvalue weighted by atomic mass is 10.0. The molecule has 0 amide bonds. The highest BCUT2D eigenvalue weighted by Crippen LogP contribution is 2.29. The highest BCUT2D eigenvalue weighted by molar-refractivity contribution is 6.36. The Hall–Kier alpha value is -3.01. The number of phenolic OH excluding ortho intramolecular Hbond substituents is 1. The van der Waals surface area contributed by atoms with Gasteiger partial charge in [0.1, 0.15) is 11.6 Å². The molecule has 3 nitrogen and oxygen atoms in total. The molecule has 1 aromatic heterocycles. The molecule has 0 spiro atoms. The summed E-state index contributed by atoms with van der Waals surface area (Å²) in [5.74, 6) is 0.991. The van der Waals surface area contributed by atoms with Gasteiger partial charge in [0.25, 0.3) is 0 Å². The zero-order valence-corrected chi connectivity index (χ0v) is 16.2. The fraction of sp³-hybridized carbons (Fsp3) is 0. The molecule has 2 N–H and O–H groups in total. The summed E-state index contributed by atoms with van der Waals surface area (Å²) < 4.78 is 0. The SMILES string of the molecule is Oc1ccc(-c2cccc(C=Cc3ncc(-c4ccc(Cl)cc4Cl)[nH]3)c2)cc1. The average Bonchev–Trinajstić information content (AvgIpc) is 3.16. The molecule has 5 heteroatoms. The van der Waals surface area contributed by atoms with E-state index in [1.165, 1.54) is 0 Å². The Balaban J connectivity index is 1.56. The van der Waals surface area contributed by atoms with E-state index in [2.05, 4.69) is 16.0 Å². The van der Waals surface area contributed by atoms with Crippen LogP contribution in [-0.4, -0.2) is 15.1 Å². The number of hydrogen-bond acceptors (Lipinski definition) is 2. The molecule has 28 heavy (non-hydrogen) atoms. The second-order valence-corrected chi connectivity index (χ2v) is 7.16. The normalized spacial score (nSPS) is 11.2. The summed E-state index contributed by atoms with van der Waals surface area (Å²) in [6, 6.07) is 20.7. The van der Waals surface area contributed by atoms with E-state index >= 15 is 0 Å². The van der Waals surface area contributed by atoms with Gasteiger partial charge in [-0.15, -0.1) is 0 Å². The topological polar surface area (TPSA) is 48.9 Å². The van der Waals surface area contributed by atoms with Crippen LogP contribution in [0, 0.1) is 0 Å². The molecular formula is C23H16Cl2N2O. The molecule has 4 rings (SSSR count). The van der Waals surface area contributed by atoms with E-state index < -0.39 is 0 Å². The Labute approximate surface area is 172 Å². The molecule has 0 radical (unpaired) electrons. The Morgan fingerprint density at radius 1 is 0.857 bits per heavy atom. The lowest BCUT2D eigenvalue weighted by molar-refractivity contribution is 0.475. The molecule has 0 saturated heterocycles. The molecule has 0 saturated carbocycles. The number of benzene rings is 3. The quantitative estimate of drug-likeness (QED) is 0.386. The maximum absolute atomic E-state index is 9.45. The summed E-state index contributed by atoms with van der Waals surface area (Å²) in [7, 11) is 0. The van der Waals surface area contributed by atoms with Gasteiger partial charge >= 0.3 is 0 Å². The zero-order valence-electron chi connectivity index (χ0n) is 14.7. The van der Waals surface area contributed by atoms with Gasteiger partial charge in [-0.2, -0.15) is 0 Å². The first-order valence-electron chi connectivity index (χ1n) is 8.66. The van der Waals surface area contributed by atoms with Gasteiger partial charge < -0.3 is 10.1 Å². The minimum absolute atomic E-state index is 0.259.